The zero-order chi connectivity index (χ0) is 15.9. The number of carbonyl (C=O) groups excluding carboxylic acids is 3. The topological polar surface area (TPSA) is 75.7 Å². The standard InChI is InChI=1S/C15H20N2O4S/c1-21-15(20)14-11(7-10-22-14)16-12(18)5-2-3-8-17-9-4-6-13(17)19/h7,10H,2-6,8-9H2,1H3,(H,16,18). The molecule has 0 bridgehead atoms. The van der Waals surface area contributed by atoms with Gasteiger partial charge in [-0.25, -0.2) is 4.79 Å². The summed E-state index contributed by atoms with van der Waals surface area (Å²) < 4.78 is 4.67. The van der Waals surface area contributed by atoms with Gasteiger partial charge in [0, 0.05) is 25.9 Å². The first-order chi connectivity index (χ1) is 10.6. The first kappa shape index (κ1) is 16.5. The van der Waals surface area contributed by atoms with Crippen molar-refractivity contribution in [2.24, 2.45) is 0 Å². The van der Waals surface area contributed by atoms with Crippen molar-refractivity contribution in [1.82, 2.24) is 4.90 Å². The lowest BCUT2D eigenvalue weighted by molar-refractivity contribution is -0.127. The van der Waals surface area contributed by atoms with E-state index in [2.05, 4.69) is 10.1 Å². The summed E-state index contributed by atoms with van der Waals surface area (Å²) in [4.78, 5) is 37.1. The number of unbranched alkanes of at least 4 members (excludes halogenated alkanes) is 1. The lowest BCUT2D eigenvalue weighted by Crippen LogP contribution is -2.25. The average molecular weight is 324 g/mol. The fourth-order valence-corrected chi connectivity index (χ4v) is 3.17. The number of hydrogen-bond donors (Lipinski definition) is 1. The molecule has 0 spiro atoms. The van der Waals surface area contributed by atoms with Crippen molar-refractivity contribution in [3.05, 3.63) is 16.3 Å². The van der Waals surface area contributed by atoms with E-state index in [1.807, 2.05) is 4.90 Å². The van der Waals surface area contributed by atoms with Gasteiger partial charge in [-0.3, -0.25) is 9.59 Å². The summed E-state index contributed by atoms with van der Waals surface area (Å²) in [5, 5.41) is 4.47. The Labute approximate surface area is 133 Å². The van der Waals surface area contributed by atoms with Gasteiger partial charge >= 0.3 is 5.97 Å². The second-order valence-electron chi connectivity index (χ2n) is 5.14. The molecule has 6 nitrogen and oxygen atoms in total. The molecule has 22 heavy (non-hydrogen) atoms. The lowest BCUT2D eigenvalue weighted by atomic mass is 10.2. The fraction of sp³-hybridized carbons (Fsp3) is 0.533. The largest absolute Gasteiger partial charge is 0.465 e. The molecule has 2 heterocycles. The van der Waals surface area contributed by atoms with Crippen molar-refractivity contribution < 1.29 is 19.1 Å². The van der Waals surface area contributed by atoms with Gasteiger partial charge in [0.15, 0.2) is 0 Å². The first-order valence-corrected chi connectivity index (χ1v) is 8.23. The van der Waals surface area contributed by atoms with Crippen LogP contribution in [-0.4, -0.2) is 42.9 Å². The smallest absolute Gasteiger partial charge is 0.350 e. The highest BCUT2D eigenvalue weighted by Crippen LogP contribution is 2.23. The number of nitrogens with one attached hydrogen (secondary N) is 1. The summed E-state index contributed by atoms with van der Waals surface area (Å²) in [6.07, 6.45) is 3.49. The van der Waals surface area contributed by atoms with Gasteiger partial charge in [0.1, 0.15) is 4.88 Å². The molecule has 0 unspecified atom stereocenters. The average Bonchev–Trinajstić information content (AvgIpc) is 3.12. The van der Waals surface area contributed by atoms with Gasteiger partial charge in [0.2, 0.25) is 11.8 Å². The maximum Gasteiger partial charge on any atom is 0.350 e. The Bertz CT molecular complexity index is 555. The number of ether oxygens (including phenoxy) is 1. The Morgan fingerprint density at radius 3 is 2.91 bits per heavy atom. The maximum absolute atomic E-state index is 11.9. The van der Waals surface area contributed by atoms with Gasteiger partial charge in [-0.2, -0.15) is 0 Å². The minimum Gasteiger partial charge on any atom is -0.465 e. The van der Waals surface area contributed by atoms with Crippen molar-refractivity contribution in [1.29, 1.82) is 0 Å². The fourth-order valence-electron chi connectivity index (χ4n) is 2.40. The van der Waals surface area contributed by atoms with Gasteiger partial charge in [0.05, 0.1) is 12.8 Å². The number of hydrogen-bond acceptors (Lipinski definition) is 5. The van der Waals surface area contributed by atoms with Crippen molar-refractivity contribution in [3.63, 3.8) is 0 Å². The van der Waals surface area contributed by atoms with Crippen LogP contribution in [0, 0.1) is 0 Å². The summed E-state index contributed by atoms with van der Waals surface area (Å²) >= 11 is 1.24. The van der Waals surface area contributed by atoms with Gasteiger partial charge < -0.3 is 15.0 Å². The summed E-state index contributed by atoms with van der Waals surface area (Å²) in [5.74, 6) is -0.361. The summed E-state index contributed by atoms with van der Waals surface area (Å²) in [5.41, 5.74) is 0.497. The van der Waals surface area contributed by atoms with Crippen LogP contribution in [0.15, 0.2) is 11.4 Å². The predicted octanol–water partition coefficient (Wildman–Crippen LogP) is 2.27. The highest BCUT2D eigenvalue weighted by Gasteiger charge is 2.19. The van der Waals surface area contributed by atoms with E-state index >= 15 is 0 Å². The van der Waals surface area contributed by atoms with Gasteiger partial charge in [-0.15, -0.1) is 11.3 Å². The maximum atomic E-state index is 11.9. The number of methoxy groups -OCH3 is 1. The molecule has 7 heteroatoms. The van der Waals surface area contributed by atoms with E-state index in [-0.39, 0.29) is 11.8 Å². The normalized spacial score (nSPS) is 14.2. The molecule has 1 N–H and O–H groups in total. The van der Waals surface area contributed by atoms with E-state index in [9.17, 15) is 14.4 Å². The Hall–Kier alpha value is -1.89. The molecule has 1 fully saturated rings. The van der Waals surface area contributed by atoms with Crippen LogP contribution in [-0.2, 0) is 14.3 Å². The number of rotatable bonds is 7. The number of nitrogens with zero attached hydrogens (tertiary/aromatic N) is 1. The molecular weight excluding hydrogens is 304 g/mol. The van der Waals surface area contributed by atoms with Crippen LogP contribution in [0.25, 0.3) is 0 Å². The zero-order valence-electron chi connectivity index (χ0n) is 12.6. The molecular formula is C15H20N2O4S. The van der Waals surface area contributed by atoms with Crippen LogP contribution < -0.4 is 5.32 Å². The molecule has 0 aromatic carbocycles. The van der Waals surface area contributed by atoms with Crippen LogP contribution in [0.3, 0.4) is 0 Å². The van der Waals surface area contributed by atoms with Crippen LogP contribution in [0.5, 0.6) is 0 Å². The third-order valence-electron chi connectivity index (χ3n) is 3.56. The second kappa shape index (κ2) is 7.93. The molecule has 1 aliphatic rings. The molecule has 1 aliphatic heterocycles. The molecule has 120 valence electrons. The number of amides is 2. The van der Waals surface area contributed by atoms with Crippen molar-refractivity contribution in [2.45, 2.75) is 32.1 Å². The number of likely N-dealkylation sites (tertiary alicyclic amines) is 1. The molecule has 0 aliphatic carbocycles. The Morgan fingerprint density at radius 2 is 2.23 bits per heavy atom. The van der Waals surface area contributed by atoms with E-state index in [1.165, 1.54) is 18.4 Å². The Kier molecular flexibility index (Phi) is 5.94. The SMILES string of the molecule is COC(=O)c1sccc1NC(=O)CCCCN1CCCC1=O. The molecule has 2 rings (SSSR count). The van der Waals surface area contributed by atoms with Crippen molar-refractivity contribution in [3.8, 4) is 0 Å². The molecule has 0 atom stereocenters. The minimum atomic E-state index is -0.446. The highest BCUT2D eigenvalue weighted by molar-refractivity contribution is 7.12. The first-order valence-electron chi connectivity index (χ1n) is 7.35. The third-order valence-corrected chi connectivity index (χ3v) is 4.46. The zero-order valence-corrected chi connectivity index (χ0v) is 13.4. The van der Waals surface area contributed by atoms with E-state index in [0.29, 0.717) is 29.8 Å². The van der Waals surface area contributed by atoms with E-state index in [0.717, 1.165) is 25.9 Å². The van der Waals surface area contributed by atoms with E-state index in [4.69, 9.17) is 0 Å². The number of thiophene rings is 1. The second-order valence-corrected chi connectivity index (χ2v) is 6.06. The number of esters is 1. The predicted molar refractivity (Wildman–Crippen MR) is 84.0 cm³/mol. The van der Waals surface area contributed by atoms with Crippen LogP contribution in [0.1, 0.15) is 41.8 Å². The van der Waals surface area contributed by atoms with Gasteiger partial charge in [0.25, 0.3) is 0 Å². The minimum absolute atomic E-state index is 0.128. The van der Waals surface area contributed by atoms with Crippen LogP contribution in [0.4, 0.5) is 5.69 Å². The van der Waals surface area contributed by atoms with Crippen molar-refractivity contribution in [2.75, 3.05) is 25.5 Å². The molecule has 2 amide bonds. The number of carbonyl (C=O) groups is 3. The molecule has 0 radical (unpaired) electrons. The highest BCUT2D eigenvalue weighted by atomic mass is 32.1. The van der Waals surface area contributed by atoms with E-state index < -0.39 is 5.97 Å². The van der Waals surface area contributed by atoms with E-state index in [1.54, 1.807) is 11.4 Å². The molecule has 1 aromatic heterocycles. The monoisotopic (exact) mass is 324 g/mol. The number of anilines is 1. The molecule has 0 saturated carbocycles. The third kappa shape index (κ3) is 4.30. The Balaban J connectivity index is 1.71. The lowest BCUT2D eigenvalue weighted by Gasteiger charge is -2.14. The van der Waals surface area contributed by atoms with Gasteiger partial charge in [-0.05, 0) is 30.7 Å². The summed E-state index contributed by atoms with van der Waals surface area (Å²) in [7, 11) is 1.31. The van der Waals surface area contributed by atoms with Crippen LogP contribution >= 0.6 is 11.3 Å². The Morgan fingerprint density at radius 1 is 1.41 bits per heavy atom. The molecule has 1 saturated heterocycles. The van der Waals surface area contributed by atoms with Crippen LogP contribution in [0.2, 0.25) is 0 Å². The summed E-state index contributed by atoms with van der Waals surface area (Å²) in [6.45, 7) is 1.56. The summed E-state index contributed by atoms with van der Waals surface area (Å²) in [6, 6.07) is 1.69. The van der Waals surface area contributed by atoms with Gasteiger partial charge in [-0.1, -0.05) is 0 Å². The van der Waals surface area contributed by atoms with Crippen molar-refractivity contribution >= 4 is 34.8 Å². The molecule has 1 aromatic rings. The quantitative estimate of drug-likeness (QED) is 0.616.